The highest BCUT2D eigenvalue weighted by Gasteiger charge is 2.41. The lowest BCUT2D eigenvalue weighted by molar-refractivity contribution is -0.149. The number of carboxylic acids is 1. The van der Waals surface area contributed by atoms with Crippen molar-refractivity contribution < 1.29 is 19.4 Å². The quantitative estimate of drug-likeness (QED) is 0.625. The van der Waals surface area contributed by atoms with Crippen LogP contribution in [0.1, 0.15) is 24.8 Å². The Morgan fingerprint density at radius 3 is 2.47 bits per heavy atom. The topological polar surface area (TPSA) is 83.6 Å². The normalized spacial score (nSPS) is 15.7. The van der Waals surface area contributed by atoms with E-state index in [2.05, 4.69) is 0 Å². The molecule has 19 heavy (non-hydrogen) atoms. The van der Waals surface area contributed by atoms with Gasteiger partial charge in [0.1, 0.15) is 6.67 Å². The number of alkyl halides is 1. The zero-order valence-corrected chi connectivity index (χ0v) is 10.8. The molecule has 4 nitrogen and oxygen atoms in total. The first-order valence-corrected chi connectivity index (χ1v) is 6.31. The van der Waals surface area contributed by atoms with E-state index >= 15 is 0 Å². The highest BCUT2D eigenvalue weighted by molar-refractivity contribution is 5.79. The number of halogens is 1. The minimum absolute atomic E-state index is 0.180. The third-order valence-corrected chi connectivity index (χ3v) is 3.25. The van der Waals surface area contributed by atoms with E-state index in [0.717, 1.165) is 12.8 Å². The van der Waals surface area contributed by atoms with E-state index in [1.165, 1.54) is 5.56 Å². The average Bonchev–Trinajstić information content (AvgIpc) is 2.43. The molecule has 0 spiro atoms. The average molecular weight is 269 g/mol. The first-order valence-electron chi connectivity index (χ1n) is 6.31. The number of rotatable bonds is 8. The van der Waals surface area contributed by atoms with Crippen molar-refractivity contribution in [2.45, 2.75) is 37.3 Å². The smallest absolute Gasteiger partial charge is 0.329 e. The van der Waals surface area contributed by atoms with E-state index in [9.17, 15) is 14.3 Å². The molecule has 5 heteroatoms. The van der Waals surface area contributed by atoms with Crippen molar-refractivity contribution >= 4 is 5.97 Å². The third-order valence-electron chi connectivity index (χ3n) is 3.25. The van der Waals surface area contributed by atoms with Crippen molar-refractivity contribution in [1.82, 2.24) is 0 Å². The van der Waals surface area contributed by atoms with Crippen LogP contribution in [0.5, 0.6) is 0 Å². The Balaban J connectivity index is 2.35. The molecule has 0 radical (unpaired) electrons. The van der Waals surface area contributed by atoms with Gasteiger partial charge in [-0.1, -0.05) is 36.8 Å². The SMILES string of the molecule is NC(CF)(C(=O)O)C(O)CCCCc1ccccc1. The van der Waals surface area contributed by atoms with Gasteiger partial charge >= 0.3 is 5.97 Å². The summed E-state index contributed by atoms with van der Waals surface area (Å²) in [5.74, 6) is -1.51. The molecule has 0 heterocycles. The third kappa shape index (κ3) is 4.29. The van der Waals surface area contributed by atoms with Crippen LogP contribution in [-0.2, 0) is 11.2 Å². The number of benzene rings is 1. The zero-order valence-electron chi connectivity index (χ0n) is 10.8. The number of unbranched alkanes of at least 4 members (excludes halogenated alkanes) is 1. The van der Waals surface area contributed by atoms with Crippen molar-refractivity contribution in [3.8, 4) is 0 Å². The Morgan fingerprint density at radius 2 is 1.95 bits per heavy atom. The fourth-order valence-corrected chi connectivity index (χ4v) is 1.86. The van der Waals surface area contributed by atoms with Crippen molar-refractivity contribution in [2.75, 3.05) is 6.67 Å². The molecular weight excluding hydrogens is 249 g/mol. The maximum absolute atomic E-state index is 12.7. The minimum Gasteiger partial charge on any atom is -0.480 e. The Kier molecular flexibility index (Phi) is 5.92. The van der Waals surface area contributed by atoms with Gasteiger partial charge in [-0.25, -0.2) is 4.39 Å². The van der Waals surface area contributed by atoms with E-state index in [1.807, 2.05) is 30.3 Å². The van der Waals surface area contributed by atoms with Crippen LogP contribution in [0.15, 0.2) is 30.3 Å². The van der Waals surface area contributed by atoms with Crippen molar-refractivity contribution in [3.63, 3.8) is 0 Å². The summed E-state index contributed by atoms with van der Waals surface area (Å²) in [5, 5.41) is 18.5. The zero-order chi connectivity index (χ0) is 14.3. The Hall–Kier alpha value is -1.46. The molecule has 0 saturated heterocycles. The molecule has 0 aliphatic carbocycles. The number of carboxylic acid groups (broad SMARTS) is 1. The van der Waals surface area contributed by atoms with Gasteiger partial charge in [-0.05, 0) is 24.8 Å². The monoisotopic (exact) mass is 269 g/mol. The minimum atomic E-state index is -2.19. The van der Waals surface area contributed by atoms with Crippen molar-refractivity contribution in [3.05, 3.63) is 35.9 Å². The summed E-state index contributed by atoms with van der Waals surface area (Å²) in [5.41, 5.74) is 4.34. The number of aryl methyl sites for hydroxylation is 1. The molecule has 4 N–H and O–H groups in total. The van der Waals surface area contributed by atoms with Gasteiger partial charge in [0, 0.05) is 0 Å². The summed E-state index contributed by atoms with van der Waals surface area (Å²) in [7, 11) is 0. The van der Waals surface area contributed by atoms with E-state index in [1.54, 1.807) is 0 Å². The predicted molar refractivity (Wildman–Crippen MR) is 70.5 cm³/mol. The summed E-state index contributed by atoms with van der Waals surface area (Å²) in [6, 6.07) is 9.83. The van der Waals surface area contributed by atoms with Crippen LogP contribution in [0.25, 0.3) is 0 Å². The van der Waals surface area contributed by atoms with Gasteiger partial charge in [0.2, 0.25) is 0 Å². The van der Waals surface area contributed by atoms with Gasteiger partial charge in [-0.3, -0.25) is 4.79 Å². The van der Waals surface area contributed by atoms with Gasteiger partial charge in [0.15, 0.2) is 5.54 Å². The molecule has 2 atom stereocenters. The second kappa shape index (κ2) is 7.21. The molecule has 0 bridgehead atoms. The van der Waals surface area contributed by atoms with E-state index in [0.29, 0.717) is 6.42 Å². The van der Waals surface area contributed by atoms with Crippen LogP contribution in [0.3, 0.4) is 0 Å². The Bertz CT molecular complexity index is 399. The maximum atomic E-state index is 12.7. The van der Waals surface area contributed by atoms with Gasteiger partial charge in [0.05, 0.1) is 6.10 Å². The molecule has 2 unspecified atom stereocenters. The molecule has 0 aliphatic heterocycles. The van der Waals surface area contributed by atoms with Gasteiger partial charge in [-0.2, -0.15) is 0 Å². The van der Waals surface area contributed by atoms with Gasteiger partial charge in [-0.15, -0.1) is 0 Å². The first-order chi connectivity index (χ1) is 9.00. The Morgan fingerprint density at radius 1 is 1.32 bits per heavy atom. The standard InChI is InChI=1S/C14H20FNO3/c15-10-14(16,13(18)19)12(17)9-5-4-8-11-6-2-1-3-7-11/h1-3,6-7,12,17H,4-5,8-10,16H2,(H,18,19). The van der Waals surface area contributed by atoms with E-state index in [4.69, 9.17) is 10.8 Å². The molecule has 0 amide bonds. The molecule has 0 saturated carbocycles. The van der Waals surface area contributed by atoms with Crippen molar-refractivity contribution in [1.29, 1.82) is 0 Å². The summed E-state index contributed by atoms with van der Waals surface area (Å²) in [6.07, 6.45) is 1.05. The number of hydrogen-bond acceptors (Lipinski definition) is 3. The lowest BCUT2D eigenvalue weighted by Crippen LogP contribution is -2.59. The molecule has 1 aromatic rings. The number of aliphatic hydroxyl groups excluding tert-OH is 1. The maximum Gasteiger partial charge on any atom is 0.329 e. The summed E-state index contributed by atoms with van der Waals surface area (Å²) < 4.78 is 12.7. The molecule has 0 fully saturated rings. The number of nitrogens with two attached hydrogens (primary N) is 1. The fourth-order valence-electron chi connectivity index (χ4n) is 1.86. The van der Waals surface area contributed by atoms with Crippen molar-refractivity contribution in [2.24, 2.45) is 5.73 Å². The second-order valence-corrected chi connectivity index (χ2v) is 4.73. The van der Waals surface area contributed by atoms with Crippen LogP contribution in [0.2, 0.25) is 0 Å². The molecule has 106 valence electrons. The fraction of sp³-hybridized carbons (Fsp3) is 0.500. The van der Waals surface area contributed by atoms with Crippen LogP contribution in [0.4, 0.5) is 4.39 Å². The van der Waals surface area contributed by atoms with Gasteiger partial charge in [0.25, 0.3) is 0 Å². The largest absolute Gasteiger partial charge is 0.480 e. The number of carbonyl (C=O) groups is 1. The molecule has 0 aromatic heterocycles. The molecule has 1 aromatic carbocycles. The summed E-state index contributed by atoms with van der Waals surface area (Å²) in [6.45, 7) is -1.28. The summed E-state index contributed by atoms with van der Waals surface area (Å²) >= 11 is 0. The van der Waals surface area contributed by atoms with Crippen LogP contribution in [0, 0.1) is 0 Å². The molecule has 0 aliphatic rings. The first kappa shape index (κ1) is 15.6. The summed E-state index contributed by atoms with van der Waals surface area (Å²) in [4.78, 5) is 10.8. The molecule has 1 rings (SSSR count). The predicted octanol–water partition coefficient (Wildman–Crippen LogP) is 1.51. The second-order valence-electron chi connectivity index (χ2n) is 4.73. The Labute approximate surface area is 112 Å². The number of aliphatic carboxylic acids is 1. The van der Waals surface area contributed by atoms with Crippen LogP contribution in [-0.4, -0.2) is 34.5 Å². The van der Waals surface area contributed by atoms with E-state index < -0.39 is 24.3 Å². The number of hydrogen-bond donors (Lipinski definition) is 3. The lowest BCUT2D eigenvalue weighted by Gasteiger charge is -2.26. The molecular formula is C14H20FNO3. The van der Waals surface area contributed by atoms with E-state index in [-0.39, 0.29) is 6.42 Å². The lowest BCUT2D eigenvalue weighted by atomic mass is 9.91. The van der Waals surface area contributed by atoms with Crippen LogP contribution >= 0.6 is 0 Å². The number of aliphatic hydroxyl groups is 1. The van der Waals surface area contributed by atoms with Gasteiger partial charge < -0.3 is 15.9 Å². The highest BCUT2D eigenvalue weighted by Crippen LogP contribution is 2.16. The highest BCUT2D eigenvalue weighted by atomic mass is 19.1. The van der Waals surface area contributed by atoms with Crippen LogP contribution < -0.4 is 5.73 Å².